The van der Waals surface area contributed by atoms with Gasteiger partial charge in [0.1, 0.15) is 0 Å². The summed E-state index contributed by atoms with van der Waals surface area (Å²) in [6, 6.07) is 0.852. The van der Waals surface area contributed by atoms with Gasteiger partial charge in [0.2, 0.25) is 0 Å². The molecule has 0 aliphatic heterocycles. The van der Waals surface area contributed by atoms with Gasteiger partial charge < -0.3 is 20.1 Å². The van der Waals surface area contributed by atoms with Gasteiger partial charge in [0.05, 0.1) is 18.6 Å². The first-order valence-electron chi connectivity index (χ1n) is 11.0. The Labute approximate surface area is 187 Å². The Morgan fingerprint density at radius 2 is 1.79 bits per heavy atom. The predicted molar refractivity (Wildman–Crippen MR) is 122 cm³/mol. The minimum atomic E-state index is -0.0279. The molecule has 1 spiro atoms. The van der Waals surface area contributed by atoms with Gasteiger partial charge in [-0.05, 0) is 65.7 Å². The number of esters is 1. The van der Waals surface area contributed by atoms with Crippen LogP contribution in [0.15, 0.2) is 4.99 Å². The molecule has 7 heteroatoms. The van der Waals surface area contributed by atoms with Crippen LogP contribution in [0.5, 0.6) is 0 Å². The third-order valence-corrected chi connectivity index (χ3v) is 6.75. The van der Waals surface area contributed by atoms with Crippen molar-refractivity contribution in [2.45, 2.75) is 90.3 Å². The standard InChI is InChI=1S/C21H37N3O3.HI/c1-4-22-20(23-16-10-8-15(9-11-16)19(25)27-6-3)24-17-14-18(26-5-2)21(17)12-7-13-21;/h15-18H,4-14H2,1-3H3,(H2,22,23,24);1H. The molecule has 3 rings (SSSR count). The Hall–Kier alpha value is -0.570. The van der Waals surface area contributed by atoms with E-state index in [1.165, 1.54) is 19.3 Å². The van der Waals surface area contributed by atoms with E-state index >= 15 is 0 Å². The molecule has 0 saturated heterocycles. The van der Waals surface area contributed by atoms with Crippen molar-refractivity contribution in [2.75, 3.05) is 19.8 Å². The van der Waals surface area contributed by atoms with Crippen molar-refractivity contribution >= 4 is 35.9 Å². The van der Waals surface area contributed by atoms with E-state index in [2.05, 4.69) is 29.5 Å². The average Bonchev–Trinajstić information content (AvgIpc) is 2.60. The first kappa shape index (κ1) is 23.7. The molecule has 0 radical (unpaired) electrons. The zero-order chi connectivity index (χ0) is 19.3. The number of aliphatic imine (C=N–C) groups is 1. The largest absolute Gasteiger partial charge is 0.466 e. The lowest BCUT2D eigenvalue weighted by molar-refractivity contribution is -0.168. The zero-order valence-electron chi connectivity index (χ0n) is 17.7. The fraction of sp³-hybridized carbons (Fsp3) is 0.905. The molecule has 0 aromatic rings. The molecule has 162 valence electrons. The van der Waals surface area contributed by atoms with Crippen LogP contribution < -0.4 is 10.6 Å². The molecule has 2 N–H and O–H groups in total. The van der Waals surface area contributed by atoms with Crippen molar-refractivity contribution in [2.24, 2.45) is 16.3 Å². The normalized spacial score (nSPS) is 31.2. The first-order valence-corrected chi connectivity index (χ1v) is 11.0. The van der Waals surface area contributed by atoms with Gasteiger partial charge in [-0.2, -0.15) is 0 Å². The summed E-state index contributed by atoms with van der Waals surface area (Å²) in [6.45, 7) is 8.07. The van der Waals surface area contributed by atoms with E-state index in [1.54, 1.807) is 0 Å². The van der Waals surface area contributed by atoms with Crippen LogP contribution in [0.2, 0.25) is 0 Å². The topological polar surface area (TPSA) is 72.0 Å². The Balaban J connectivity index is 0.00000280. The second-order valence-electron chi connectivity index (χ2n) is 8.23. The van der Waals surface area contributed by atoms with Gasteiger partial charge >= 0.3 is 5.97 Å². The number of guanidine groups is 1. The number of rotatable bonds is 7. The monoisotopic (exact) mass is 507 g/mol. The van der Waals surface area contributed by atoms with Crippen LogP contribution in [0.4, 0.5) is 0 Å². The molecule has 6 nitrogen and oxygen atoms in total. The number of ether oxygens (including phenoxy) is 2. The van der Waals surface area contributed by atoms with Crippen LogP contribution in [-0.2, 0) is 14.3 Å². The maximum atomic E-state index is 11.9. The van der Waals surface area contributed by atoms with Gasteiger partial charge in [-0.3, -0.25) is 9.79 Å². The quantitative estimate of drug-likeness (QED) is 0.238. The predicted octanol–water partition coefficient (Wildman–Crippen LogP) is 3.63. The number of halogens is 1. The third-order valence-electron chi connectivity index (χ3n) is 6.75. The number of nitrogens with one attached hydrogen (secondary N) is 2. The fourth-order valence-electron chi connectivity index (χ4n) is 5.02. The van der Waals surface area contributed by atoms with Crippen molar-refractivity contribution < 1.29 is 14.3 Å². The van der Waals surface area contributed by atoms with Gasteiger partial charge in [0, 0.05) is 30.7 Å². The number of carbonyl (C=O) groups excluding carboxylic acids is 1. The highest BCUT2D eigenvalue weighted by Gasteiger charge is 2.59. The van der Waals surface area contributed by atoms with Crippen molar-refractivity contribution in [3.8, 4) is 0 Å². The first-order chi connectivity index (χ1) is 13.1. The van der Waals surface area contributed by atoms with Gasteiger partial charge in [0.25, 0.3) is 0 Å². The molecule has 2 atom stereocenters. The summed E-state index contributed by atoms with van der Waals surface area (Å²) >= 11 is 0. The number of hydrogen-bond donors (Lipinski definition) is 2. The van der Waals surface area contributed by atoms with Gasteiger partial charge in [0.15, 0.2) is 5.96 Å². The summed E-state index contributed by atoms with van der Waals surface area (Å²) in [5.41, 5.74) is 0.327. The number of hydrogen-bond acceptors (Lipinski definition) is 4. The summed E-state index contributed by atoms with van der Waals surface area (Å²) < 4.78 is 11.1. The van der Waals surface area contributed by atoms with Crippen molar-refractivity contribution in [3.05, 3.63) is 0 Å². The van der Waals surface area contributed by atoms with E-state index < -0.39 is 0 Å². The lowest BCUT2D eigenvalue weighted by atomic mass is 9.51. The minimum absolute atomic E-state index is 0. The van der Waals surface area contributed by atoms with Crippen LogP contribution in [0.3, 0.4) is 0 Å². The van der Waals surface area contributed by atoms with E-state index in [0.29, 0.717) is 30.2 Å². The Bertz CT molecular complexity index is 531. The molecule has 3 saturated carbocycles. The highest BCUT2D eigenvalue weighted by Crippen LogP contribution is 2.57. The van der Waals surface area contributed by atoms with Gasteiger partial charge in [-0.1, -0.05) is 6.42 Å². The Kier molecular flexibility index (Phi) is 9.31. The lowest BCUT2D eigenvalue weighted by Crippen LogP contribution is -2.69. The molecule has 0 aromatic heterocycles. The van der Waals surface area contributed by atoms with E-state index in [9.17, 15) is 4.79 Å². The lowest BCUT2D eigenvalue weighted by Gasteiger charge is -2.61. The fourth-order valence-corrected chi connectivity index (χ4v) is 5.02. The van der Waals surface area contributed by atoms with Gasteiger partial charge in [-0.15, -0.1) is 24.0 Å². The molecule has 0 heterocycles. The molecular weight excluding hydrogens is 469 g/mol. The molecule has 0 bridgehead atoms. The van der Waals surface area contributed by atoms with Crippen molar-refractivity contribution in [1.29, 1.82) is 0 Å². The summed E-state index contributed by atoms with van der Waals surface area (Å²) in [5, 5.41) is 7.33. The van der Waals surface area contributed by atoms with E-state index in [0.717, 1.165) is 51.2 Å². The molecule has 0 aromatic carbocycles. The van der Waals surface area contributed by atoms with Crippen molar-refractivity contribution in [3.63, 3.8) is 0 Å². The van der Waals surface area contributed by atoms with Crippen molar-refractivity contribution in [1.82, 2.24) is 10.6 Å². The summed E-state index contributed by atoms with van der Waals surface area (Å²) in [4.78, 5) is 16.6. The second kappa shape index (κ2) is 11.0. The van der Waals surface area contributed by atoms with E-state index in [-0.39, 0.29) is 35.9 Å². The number of nitrogens with zero attached hydrogens (tertiary/aromatic N) is 1. The van der Waals surface area contributed by atoms with Crippen LogP contribution in [-0.4, -0.2) is 49.9 Å². The summed E-state index contributed by atoms with van der Waals surface area (Å²) in [7, 11) is 0. The van der Waals surface area contributed by atoms with Crippen LogP contribution in [0.25, 0.3) is 0 Å². The second-order valence-corrected chi connectivity index (χ2v) is 8.23. The molecule has 28 heavy (non-hydrogen) atoms. The molecule has 0 amide bonds. The van der Waals surface area contributed by atoms with E-state index in [1.807, 2.05) is 6.92 Å². The maximum Gasteiger partial charge on any atom is 0.308 e. The molecule has 3 aliphatic carbocycles. The average molecular weight is 507 g/mol. The number of carbonyl (C=O) groups is 1. The Morgan fingerprint density at radius 3 is 2.32 bits per heavy atom. The highest BCUT2D eigenvalue weighted by molar-refractivity contribution is 14.0. The van der Waals surface area contributed by atoms with Crippen LogP contribution >= 0.6 is 24.0 Å². The molecule has 3 fully saturated rings. The van der Waals surface area contributed by atoms with Crippen LogP contribution in [0.1, 0.15) is 72.1 Å². The molecular formula is C21H38IN3O3. The third kappa shape index (κ3) is 5.12. The SMILES string of the molecule is CCN=C(NC1CCC(C(=O)OCC)CC1)NC1CC(OCC)C12CCC2.I. The maximum absolute atomic E-state index is 11.9. The summed E-state index contributed by atoms with van der Waals surface area (Å²) in [6.07, 6.45) is 9.11. The van der Waals surface area contributed by atoms with Gasteiger partial charge in [-0.25, -0.2) is 0 Å². The smallest absolute Gasteiger partial charge is 0.308 e. The zero-order valence-corrected chi connectivity index (χ0v) is 20.0. The summed E-state index contributed by atoms with van der Waals surface area (Å²) in [5.74, 6) is 0.975. The van der Waals surface area contributed by atoms with Crippen LogP contribution in [0, 0.1) is 11.3 Å². The minimum Gasteiger partial charge on any atom is -0.466 e. The van der Waals surface area contributed by atoms with E-state index in [4.69, 9.17) is 9.47 Å². The molecule has 2 unspecified atom stereocenters. The highest BCUT2D eigenvalue weighted by atomic mass is 127. The Morgan fingerprint density at radius 1 is 1.07 bits per heavy atom. The molecule has 3 aliphatic rings.